The van der Waals surface area contributed by atoms with Crippen LogP contribution in [-0.4, -0.2) is 74.7 Å². The number of carbonyl (C=O) groups is 1. The van der Waals surface area contributed by atoms with Crippen LogP contribution in [0.2, 0.25) is 0 Å². The Bertz CT molecular complexity index is 1110. The van der Waals surface area contributed by atoms with E-state index in [4.69, 9.17) is 4.74 Å². The van der Waals surface area contributed by atoms with Gasteiger partial charge in [0.25, 0.3) is 5.91 Å². The minimum atomic E-state index is -5.23. The molecule has 1 amide bonds. The van der Waals surface area contributed by atoms with Gasteiger partial charge >= 0.3 is 12.4 Å². The summed E-state index contributed by atoms with van der Waals surface area (Å²) < 4.78 is 113. The summed E-state index contributed by atoms with van der Waals surface area (Å²) in [5.41, 5.74) is -4.92. The molecule has 0 spiro atoms. The maximum Gasteiger partial charge on any atom is 0.417 e. The first-order valence-electron chi connectivity index (χ1n) is 13.0. The van der Waals surface area contributed by atoms with Crippen LogP contribution in [0.4, 0.5) is 26.3 Å². The Morgan fingerprint density at radius 1 is 0.975 bits per heavy atom. The molecule has 1 saturated carbocycles. The third kappa shape index (κ3) is 7.95. The molecule has 0 atom stereocenters. The van der Waals surface area contributed by atoms with Gasteiger partial charge < -0.3 is 10.1 Å². The molecule has 1 aliphatic carbocycles. The highest BCUT2D eigenvalue weighted by atomic mass is 35.5. The normalized spacial score (nSPS) is 19.4. The number of piperazine rings is 1. The first kappa shape index (κ1) is 34.4. The molecule has 1 saturated heterocycles. The van der Waals surface area contributed by atoms with E-state index < -0.39 is 56.3 Å². The Morgan fingerprint density at radius 2 is 1.55 bits per heavy atom. The molecule has 0 unspecified atom stereocenters. The second-order valence-electron chi connectivity index (χ2n) is 10.1. The van der Waals surface area contributed by atoms with Gasteiger partial charge in [0.15, 0.2) is 0 Å². The quantitative estimate of drug-likeness (QED) is 0.313. The zero-order chi connectivity index (χ0) is 29.1. The molecule has 230 valence electrons. The summed E-state index contributed by atoms with van der Waals surface area (Å²) in [7, 11) is -2.47. The van der Waals surface area contributed by atoms with Crippen LogP contribution < -0.4 is 10.1 Å². The van der Waals surface area contributed by atoms with E-state index in [0.717, 1.165) is 32.8 Å². The predicted molar refractivity (Wildman–Crippen MR) is 140 cm³/mol. The zero-order valence-electron chi connectivity index (χ0n) is 22.5. The highest BCUT2D eigenvalue weighted by Crippen LogP contribution is 2.42. The fourth-order valence-electron chi connectivity index (χ4n) is 5.55. The molecule has 0 aromatic heterocycles. The number of carbonyl (C=O) groups excluding carboxylic acids is 1. The summed E-state index contributed by atoms with van der Waals surface area (Å²) >= 11 is 0. The van der Waals surface area contributed by atoms with Gasteiger partial charge in [-0.15, -0.1) is 12.4 Å². The molecule has 0 bridgehead atoms. The van der Waals surface area contributed by atoms with E-state index in [2.05, 4.69) is 10.2 Å². The average Bonchev–Trinajstić information content (AvgIpc) is 3.12. The number of nitrogens with zero attached hydrogens (tertiary/aromatic N) is 2. The highest BCUT2D eigenvalue weighted by molar-refractivity contribution is 7.89. The van der Waals surface area contributed by atoms with Crippen molar-refractivity contribution < 1.29 is 44.3 Å². The van der Waals surface area contributed by atoms with Crippen LogP contribution in [0.3, 0.4) is 0 Å². The largest absolute Gasteiger partial charge is 0.496 e. The number of ether oxygens (including phenoxy) is 1. The lowest BCUT2D eigenvalue weighted by molar-refractivity contribution is -0.143. The van der Waals surface area contributed by atoms with Gasteiger partial charge in [0, 0.05) is 38.3 Å². The minimum Gasteiger partial charge on any atom is -0.496 e. The van der Waals surface area contributed by atoms with E-state index in [1.807, 2.05) is 0 Å². The molecule has 1 aromatic rings. The van der Waals surface area contributed by atoms with Crippen LogP contribution >= 0.6 is 12.4 Å². The topological polar surface area (TPSA) is 79.0 Å². The van der Waals surface area contributed by atoms with Gasteiger partial charge in [-0.25, -0.2) is 8.42 Å². The van der Waals surface area contributed by atoms with E-state index in [1.165, 1.54) is 4.31 Å². The monoisotopic (exact) mass is 623 g/mol. The van der Waals surface area contributed by atoms with Crippen LogP contribution in [0.5, 0.6) is 5.75 Å². The summed E-state index contributed by atoms with van der Waals surface area (Å²) in [6.45, 7) is 3.08. The number of nitrogens with one attached hydrogen (secondary N) is 1. The Kier molecular flexibility index (Phi) is 11.6. The molecule has 3 rings (SSSR count). The Balaban J connectivity index is 0.00000560. The van der Waals surface area contributed by atoms with Crippen molar-refractivity contribution in [1.29, 1.82) is 0 Å². The molecule has 1 N–H and O–H groups in total. The molecular formula is C25H36ClF6N3O4S. The molecule has 1 heterocycles. The number of alkyl halides is 6. The lowest BCUT2D eigenvalue weighted by Gasteiger charge is -2.47. The van der Waals surface area contributed by atoms with Crippen molar-refractivity contribution in [3.8, 4) is 5.75 Å². The molecule has 0 radical (unpaired) electrons. The van der Waals surface area contributed by atoms with Gasteiger partial charge in [0.2, 0.25) is 10.0 Å². The van der Waals surface area contributed by atoms with Crippen molar-refractivity contribution in [2.24, 2.45) is 0 Å². The number of amides is 1. The fraction of sp³-hybridized carbons (Fsp3) is 0.720. The summed E-state index contributed by atoms with van der Waals surface area (Å²) in [4.78, 5) is 15.3. The van der Waals surface area contributed by atoms with Crippen molar-refractivity contribution in [3.63, 3.8) is 0 Å². The van der Waals surface area contributed by atoms with Crippen molar-refractivity contribution in [2.75, 3.05) is 45.6 Å². The first-order valence-corrected chi connectivity index (χ1v) is 14.6. The number of hydrogen-bond donors (Lipinski definition) is 1. The molecule has 15 heteroatoms. The van der Waals surface area contributed by atoms with Crippen molar-refractivity contribution >= 4 is 28.3 Å². The predicted octanol–water partition coefficient (Wildman–Crippen LogP) is 5.33. The lowest BCUT2D eigenvalue weighted by atomic mass is 9.87. The Hall–Kier alpha value is -1.77. The number of benzene rings is 1. The van der Waals surface area contributed by atoms with Gasteiger partial charge in [-0.1, -0.05) is 32.6 Å². The van der Waals surface area contributed by atoms with Gasteiger partial charge in [-0.3, -0.25) is 9.69 Å². The number of methoxy groups -OCH3 is 1. The van der Waals surface area contributed by atoms with Gasteiger partial charge in [-0.2, -0.15) is 30.6 Å². The Labute approximate surface area is 237 Å². The van der Waals surface area contributed by atoms with E-state index in [0.29, 0.717) is 38.4 Å². The van der Waals surface area contributed by atoms with Gasteiger partial charge in [0.05, 0.1) is 29.6 Å². The first-order chi connectivity index (χ1) is 18.1. The van der Waals surface area contributed by atoms with Gasteiger partial charge in [0.1, 0.15) is 5.75 Å². The molecular weight excluding hydrogens is 588 g/mol. The molecule has 40 heavy (non-hydrogen) atoms. The molecule has 2 aliphatic rings. The second-order valence-corrected chi connectivity index (χ2v) is 12.2. The maximum atomic E-state index is 13.8. The van der Waals surface area contributed by atoms with Crippen LogP contribution in [0.25, 0.3) is 0 Å². The maximum absolute atomic E-state index is 13.8. The average molecular weight is 624 g/mol. The number of sulfonamides is 1. The van der Waals surface area contributed by atoms with E-state index in [9.17, 15) is 39.6 Å². The third-order valence-corrected chi connectivity index (χ3v) is 9.64. The molecule has 1 aromatic carbocycles. The van der Waals surface area contributed by atoms with Crippen LogP contribution in [0, 0.1) is 0 Å². The minimum absolute atomic E-state index is 0. The highest BCUT2D eigenvalue weighted by Gasteiger charge is 2.43. The smallest absolute Gasteiger partial charge is 0.417 e. The number of halogens is 7. The second kappa shape index (κ2) is 13.5. The standard InChI is InChI=1S/C25H35F6N3O4S.ClH/c1-3-14-39(36,37)34-12-10-33(11-13-34)23(8-6-4-5-7-9-23)17-32-22(35)21-19(25(29,30)31)15-18(24(26,27)28)16-20(21)38-2;/h15-16H,3-14,17H2,1-2H3,(H,32,35);1H. The van der Waals surface area contributed by atoms with E-state index in [-0.39, 0.29) is 43.9 Å². The fourth-order valence-corrected chi connectivity index (χ4v) is 7.04. The van der Waals surface area contributed by atoms with Crippen LogP contribution in [0.1, 0.15) is 73.4 Å². The summed E-state index contributed by atoms with van der Waals surface area (Å²) in [5.74, 6) is -1.95. The van der Waals surface area contributed by atoms with Crippen LogP contribution in [-0.2, 0) is 22.4 Å². The van der Waals surface area contributed by atoms with Crippen LogP contribution in [0.15, 0.2) is 12.1 Å². The molecule has 1 aliphatic heterocycles. The molecule has 7 nitrogen and oxygen atoms in total. The van der Waals surface area contributed by atoms with E-state index >= 15 is 0 Å². The SMILES string of the molecule is CCCS(=O)(=O)N1CCN(C2(CNC(=O)c3c(OC)cc(C(F)(F)F)cc3C(F)(F)F)CCCCCC2)CC1.Cl. The third-order valence-electron chi connectivity index (χ3n) is 7.56. The van der Waals surface area contributed by atoms with Crippen molar-refractivity contribution in [3.05, 3.63) is 28.8 Å². The zero-order valence-corrected chi connectivity index (χ0v) is 24.1. The summed E-state index contributed by atoms with van der Waals surface area (Å²) in [6, 6.07) is 0.316. The summed E-state index contributed by atoms with van der Waals surface area (Å²) in [5, 5.41) is 2.57. The number of rotatable bonds is 8. The molecule has 2 fully saturated rings. The lowest BCUT2D eigenvalue weighted by Crippen LogP contribution is -2.61. The van der Waals surface area contributed by atoms with Crippen molar-refractivity contribution in [1.82, 2.24) is 14.5 Å². The van der Waals surface area contributed by atoms with Gasteiger partial charge in [-0.05, 0) is 31.4 Å². The number of hydrogen-bond acceptors (Lipinski definition) is 5. The van der Waals surface area contributed by atoms with Crippen molar-refractivity contribution in [2.45, 2.75) is 69.8 Å². The van der Waals surface area contributed by atoms with E-state index in [1.54, 1.807) is 6.92 Å². The Morgan fingerprint density at radius 3 is 2.02 bits per heavy atom. The summed E-state index contributed by atoms with van der Waals surface area (Å²) in [6.07, 6.45) is -4.98.